The number of hydrogen-bond donors (Lipinski definition) is 1. The Morgan fingerprint density at radius 1 is 0.810 bits per heavy atom. The third kappa shape index (κ3) is 7.68. The van der Waals surface area contributed by atoms with Crippen LogP contribution in [-0.2, 0) is 0 Å². The zero-order valence-electron chi connectivity index (χ0n) is 15.2. The Balaban J connectivity index is 2.26. The number of rotatable bonds is 12. The lowest BCUT2D eigenvalue weighted by Gasteiger charge is -2.41. The molecule has 21 heavy (non-hydrogen) atoms. The molecule has 0 amide bonds. The van der Waals surface area contributed by atoms with Gasteiger partial charge in [0.15, 0.2) is 0 Å². The average Bonchev–Trinajstić information content (AvgIpc) is 2.50. The van der Waals surface area contributed by atoms with Crippen LogP contribution in [0, 0.1) is 5.41 Å². The van der Waals surface area contributed by atoms with Gasteiger partial charge in [0.05, 0.1) is 0 Å². The SMILES string of the molecule is CCCCCCCCCC(NCCC)C1(C)CCCCC1. The Labute approximate surface area is 134 Å². The molecular formula is C20H41N. The zero-order valence-corrected chi connectivity index (χ0v) is 15.2. The minimum atomic E-state index is 0.579. The van der Waals surface area contributed by atoms with E-state index in [4.69, 9.17) is 0 Å². The molecule has 0 aromatic heterocycles. The first-order chi connectivity index (χ1) is 10.2. The Morgan fingerprint density at radius 3 is 2.05 bits per heavy atom. The highest BCUT2D eigenvalue weighted by atomic mass is 14.9. The third-order valence-electron chi connectivity index (χ3n) is 5.57. The highest BCUT2D eigenvalue weighted by Crippen LogP contribution is 2.40. The molecule has 1 aliphatic carbocycles. The van der Waals surface area contributed by atoms with Crippen LogP contribution in [0.2, 0.25) is 0 Å². The Bertz CT molecular complexity index is 230. The molecule has 1 aliphatic rings. The zero-order chi connectivity index (χ0) is 15.4. The average molecular weight is 296 g/mol. The van der Waals surface area contributed by atoms with Gasteiger partial charge in [0.2, 0.25) is 0 Å². The van der Waals surface area contributed by atoms with Crippen molar-refractivity contribution in [2.75, 3.05) is 6.54 Å². The van der Waals surface area contributed by atoms with Crippen molar-refractivity contribution in [2.45, 2.75) is 117 Å². The fourth-order valence-electron chi connectivity index (χ4n) is 4.03. The molecule has 1 N–H and O–H groups in total. The lowest BCUT2D eigenvalue weighted by Crippen LogP contribution is -2.45. The van der Waals surface area contributed by atoms with Crippen LogP contribution in [0.3, 0.4) is 0 Å². The molecule has 0 saturated heterocycles. The molecule has 0 bridgehead atoms. The molecule has 1 nitrogen and oxygen atoms in total. The monoisotopic (exact) mass is 295 g/mol. The van der Waals surface area contributed by atoms with Gasteiger partial charge in [-0.25, -0.2) is 0 Å². The van der Waals surface area contributed by atoms with Crippen molar-refractivity contribution in [1.29, 1.82) is 0 Å². The fraction of sp³-hybridized carbons (Fsp3) is 1.00. The summed E-state index contributed by atoms with van der Waals surface area (Å²) >= 11 is 0. The lowest BCUT2D eigenvalue weighted by atomic mass is 9.69. The van der Waals surface area contributed by atoms with Crippen molar-refractivity contribution < 1.29 is 0 Å². The molecule has 0 radical (unpaired) electrons. The van der Waals surface area contributed by atoms with Crippen LogP contribution in [0.1, 0.15) is 111 Å². The van der Waals surface area contributed by atoms with Gasteiger partial charge in [0.1, 0.15) is 0 Å². The predicted octanol–water partition coefficient (Wildman–Crippen LogP) is 6.47. The van der Waals surface area contributed by atoms with Crippen molar-refractivity contribution in [1.82, 2.24) is 5.32 Å². The van der Waals surface area contributed by atoms with E-state index < -0.39 is 0 Å². The molecular weight excluding hydrogens is 254 g/mol. The molecule has 0 spiro atoms. The first-order valence-corrected chi connectivity index (χ1v) is 9.96. The maximum atomic E-state index is 3.89. The van der Waals surface area contributed by atoms with Crippen LogP contribution in [0.15, 0.2) is 0 Å². The van der Waals surface area contributed by atoms with Crippen molar-refractivity contribution in [3.05, 3.63) is 0 Å². The quantitative estimate of drug-likeness (QED) is 0.407. The second-order valence-electron chi connectivity index (χ2n) is 7.63. The summed E-state index contributed by atoms with van der Waals surface area (Å²) in [5, 5.41) is 3.89. The van der Waals surface area contributed by atoms with Crippen LogP contribution in [0.5, 0.6) is 0 Å². The highest BCUT2D eigenvalue weighted by Gasteiger charge is 2.34. The van der Waals surface area contributed by atoms with E-state index >= 15 is 0 Å². The Morgan fingerprint density at radius 2 is 1.43 bits per heavy atom. The number of hydrogen-bond acceptors (Lipinski definition) is 1. The Hall–Kier alpha value is -0.0400. The van der Waals surface area contributed by atoms with Crippen LogP contribution in [0.25, 0.3) is 0 Å². The summed E-state index contributed by atoms with van der Waals surface area (Å²) in [6.07, 6.45) is 20.0. The second kappa shape index (κ2) is 11.5. The standard InChI is InChI=1S/C20H41N/c1-4-6-7-8-9-10-12-15-19(21-18-5-2)20(3)16-13-11-14-17-20/h19,21H,4-18H2,1-3H3. The van der Waals surface area contributed by atoms with Gasteiger partial charge in [0, 0.05) is 6.04 Å². The maximum Gasteiger partial charge on any atom is 0.0121 e. The molecule has 1 fully saturated rings. The smallest absolute Gasteiger partial charge is 0.0121 e. The first-order valence-electron chi connectivity index (χ1n) is 9.96. The van der Waals surface area contributed by atoms with Gasteiger partial charge in [-0.1, -0.05) is 85.0 Å². The minimum absolute atomic E-state index is 0.579. The van der Waals surface area contributed by atoms with Crippen LogP contribution in [-0.4, -0.2) is 12.6 Å². The van der Waals surface area contributed by atoms with Gasteiger partial charge in [0.25, 0.3) is 0 Å². The molecule has 1 unspecified atom stereocenters. The molecule has 0 heterocycles. The summed E-state index contributed by atoms with van der Waals surface area (Å²) in [5.41, 5.74) is 0.579. The molecule has 0 aromatic carbocycles. The molecule has 1 atom stereocenters. The largest absolute Gasteiger partial charge is 0.313 e. The maximum absolute atomic E-state index is 3.89. The van der Waals surface area contributed by atoms with Gasteiger partial charge < -0.3 is 5.32 Å². The number of nitrogens with one attached hydrogen (secondary N) is 1. The van der Waals surface area contributed by atoms with E-state index in [0.717, 1.165) is 6.04 Å². The van der Waals surface area contributed by atoms with Crippen molar-refractivity contribution in [2.24, 2.45) is 5.41 Å². The third-order valence-corrected chi connectivity index (χ3v) is 5.57. The molecule has 1 heteroatoms. The van der Waals surface area contributed by atoms with E-state index in [-0.39, 0.29) is 0 Å². The van der Waals surface area contributed by atoms with Crippen molar-refractivity contribution >= 4 is 0 Å². The first kappa shape index (κ1) is 19.0. The van der Waals surface area contributed by atoms with E-state index in [9.17, 15) is 0 Å². The summed E-state index contributed by atoms with van der Waals surface area (Å²) in [6, 6.07) is 0.772. The Kier molecular flexibility index (Phi) is 10.4. The van der Waals surface area contributed by atoms with E-state index in [1.807, 2.05) is 0 Å². The minimum Gasteiger partial charge on any atom is -0.313 e. The molecule has 0 aromatic rings. The topological polar surface area (TPSA) is 12.0 Å². The molecule has 0 aliphatic heterocycles. The number of unbranched alkanes of at least 4 members (excludes halogenated alkanes) is 6. The van der Waals surface area contributed by atoms with Crippen LogP contribution < -0.4 is 5.32 Å². The summed E-state index contributed by atoms with van der Waals surface area (Å²) in [7, 11) is 0. The van der Waals surface area contributed by atoms with E-state index in [1.165, 1.54) is 96.4 Å². The predicted molar refractivity (Wildman–Crippen MR) is 95.9 cm³/mol. The second-order valence-corrected chi connectivity index (χ2v) is 7.63. The van der Waals surface area contributed by atoms with Gasteiger partial charge in [-0.15, -0.1) is 0 Å². The van der Waals surface area contributed by atoms with Crippen molar-refractivity contribution in [3.8, 4) is 0 Å². The van der Waals surface area contributed by atoms with E-state index in [1.54, 1.807) is 0 Å². The van der Waals surface area contributed by atoms with Crippen LogP contribution >= 0.6 is 0 Å². The lowest BCUT2D eigenvalue weighted by molar-refractivity contribution is 0.135. The molecule has 1 saturated carbocycles. The van der Waals surface area contributed by atoms with Crippen molar-refractivity contribution in [3.63, 3.8) is 0 Å². The normalized spacial score (nSPS) is 19.6. The summed E-state index contributed by atoms with van der Waals surface area (Å²) in [4.78, 5) is 0. The van der Waals surface area contributed by atoms with Gasteiger partial charge >= 0.3 is 0 Å². The van der Waals surface area contributed by atoms with Gasteiger partial charge in [-0.3, -0.25) is 0 Å². The summed E-state index contributed by atoms with van der Waals surface area (Å²) < 4.78 is 0. The van der Waals surface area contributed by atoms with E-state index in [2.05, 4.69) is 26.1 Å². The molecule has 1 rings (SSSR count). The summed E-state index contributed by atoms with van der Waals surface area (Å²) in [6.45, 7) is 8.35. The molecule has 126 valence electrons. The fourth-order valence-corrected chi connectivity index (χ4v) is 4.03. The van der Waals surface area contributed by atoms with Gasteiger partial charge in [-0.2, -0.15) is 0 Å². The van der Waals surface area contributed by atoms with E-state index in [0.29, 0.717) is 5.41 Å². The van der Waals surface area contributed by atoms with Crippen LogP contribution in [0.4, 0.5) is 0 Å². The van der Waals surface area contributed by atoms with Gasteiger partial charge in [-0.05, 0) is 37.6 Å². The highest BCUT2D eigenvalue weighted by molar-refractivity contribution is 4.89. The summed E-state index contributed by atoms with van der Waals surface area (Å²) in [5.74, 6) is 0.